The largest absolute Gasteiger partial charge is 0.496 e. The fourth-order valence-electron chi connectivity index (χ4n) is 4.07. The highest BCUT2D eigenvalue weighted by Gasteiger charge is 2.28. The quantitative estimate of drug-likeness (QED) is 0.487. The third-order valence-electron chi connectivity index (χ3n) is 5.61. The molecule has 0 heterocycles. The number of alkyl carbamates (subject to hydrolysis) is 1. The Morgan fingerprint density at radius 1 is 1.00 bits per heavy atom. The number of rotatable bonds is 7. The topological polar surface area (TPSA) is 47.6 Å². The summed E-state index contributed by atoms with van der Waals surface area (Å²) >= 11 is 0. The summed E-state index contributed by atoms with van der Waals surface area (Å²) in [6.07, 6.45) is 4.36. The van der Waals surface area contributed by atoms with Gasteiger partial charge < -0.3 is 14.8 Å². The van der Waals surface area contributed by atoms with Crippen LogP contribution in [0.1, 0.15) is 34.6 Å². The maximum atomic E-state index is 12.2. The highest BCUT2D eigenvalue weighted by atomic mass is 16.5. The molecule has 0 saturated carbocycles. The average Bonchev–Trinajstić information content (AvgIpc) is 3.12. The molecule has 158 valence electrons. The molecule has 4 nitrogen and oxygen atoms in total. The third kappa shape index (κ3) is 4.64. The average molecular weight is 414 g/mol. The van der Waals surface area contributed by atoms with Crippen molar-refractivity contribution in [3.05, 3.63) is 95.1 Å². The summed E-state index contributed by atoms with van der Waals surface area (Å²) in [6.45, 7) is 2.88. The Kier molecular flexibility index (Phi) is 6.37. The minimum atomic E-state index is -0.386. The van der Waals surface area contributed by atoms with E-state index in [-0.39, 0.29) is 12.0 Å². The second-order valence-corrected chi connectivity index (χ2v) is 7.69. The molecule has 0 radical (unpaired) electrons. The second kappa shape index (κ2) is 9.52. The van der Waals surface area contributed by atoms with E-state index in [1.165, 1.54) is 22.3 Å². The van der Waals surface area contributed by atoms with Crippen molar-refractivity contribution in [3.8, 4) is 16.9 Å². The van der Waals surface area contributed by atoms with Crippen molar-refractivity contribution in [2.45, 2.75) is 19.3 Å². The zero-order valence-corrected chi connectivity index (χ0v) is 17.9. The first kappa shape index (κ1) is 20.7. The van der Waals surface area contributed by atoms with Gasteiger partial charge in [-0.15, -0.1) is 0 Å². The van der Waals surface area contributed by atoms with Crippen LogP contribution in [0.5, 0.6) is 5.75 Å². The second-order valence-electron chi connectivity index (χ2n) is 7.69. The fourth-order valence-corrected chi connectivity index (χ4v) is 4.07. The van der Waals surface area contributed by atoms with Gasteiger partial charge >= 0.3 is 6.09 Å². The zero-order chi connectivity index (χ0) is 21.6. The highest BCUT2D eigenvalue weighted by Crippen LogP contribution is 2.44. The Labute approximate surface area is 183 Å². The number of aryl methyl sites for hydroxylation is 1. The van der Waals surface area contributed by atoms with Gasteiger partial charge in [-0.3, -0.25) is 0 Å². The third-order valence-corrected chi connectivity index (χ3v) is 5.61. The molecule has 4 heteroatoms. The lowest BCUT2D eigenvalue weighted by atomic mass is 9.98. The summed E-state index contributed by atoms with van der Waals surface area (Å²) in [4.78, 5) is 12.2. The van der Waals surface area contributed by atoms with E-state index in [1.807, 2.05) is 55.5 Å². The molecule has 3 aromatic rings. The molecule has 0 saturated heterocycles. The predicted molar refractivity (Wildman–Crippen MR) is 124 cm³/mol. The number of ether oxygens (including phenoxy) is 2. The van der Waals surface area contributed by atoms with Gasteiger partial charge in [0.15, 0.2) is 0 Å². The molecule has 3 aromatic carbocycles. The summed E-state index contributed by atoms with van der Waals surface area (Å²) in [7, 11) is 1.67. The van der Waals surface area contributed by atoms with Gasteiger partial charge in [-0.2, -0.15) is 0 Å². The summed E-state index contributed by atoms with van der Waals surface area (Å²) in [6, 6.07) is 22.7. The van der Waals surface area contributed by atoms with E-state index in [4.69, 9.17) is 9.47 Å². The molecule has 1 aliphatic rings. The van der Waals surface area contributed by atoms with Crippen molar-refractivity contribution in [2.24, 2.45) is 0 Å². The molecule has 0 spiro atoms. The minimum Gasteiger partial charge on any atom is -0.496 e. The molecule has 31 heavy (non-hydrogen) atoms. The fraction of sp³-hybridized carbons (Fsp3) is 0.222. The van der Waals surface area contributed by atoms with Crippen LogP contribution in [0, 0.1) is 6.92 Å². The number of methoxy groups -OCH3 is 1. The van der Waals surface area contributed by atoms with Gasteiger partial charge in [0.25, 0.3) is 0 Å². The SMILES string of the molecule is COc1cc(C)ccc1C=CCCNC(=O)OCC1c2ccccc2-c2ccccc21. The number of benzene rings is 3. The first-order chi connectivity index (χ1) is 15.2. The molecule has 0 aromatic heterocycles. The van der Waals surface area contributed by atoms with Crippen LogP contribution < -0.4 is 10.1 Å². The van der Waals surface area contributed by atoms with Crippen LogP contribution >= 0.6 is 0 Å². The molecule has 0 aliphatic heterocycles. The molecule has 1 amide bonds. The maximum absolute atomic E-state index is 12.2. The molecule has 0 fully saturated rings. The summed E-state index contributed by atoms with van der Waals surface area (Å²) in [5.41, 5.74) is 7.06. The number of nitrogens with one attached hydrogen (secondary N) is 1. The van der Waals surface area contributed by atoms with Gasteiger partial charge in [0.05, 0.1) is 7.11 Å². The van der Waals surface area contributed by atoms with Crippen molar-refractivity contribution in [1.29, 1.82) is 0 Å². The number of carbonyl (C=O) groups is 1. The van der Waals surface area contributed by atoms with E-state index in [9.17, 15) is 4.79 Å². The lowest BCUT2D eigenvalue weighted by Crippen LogP contribution is -2.26. The van der Waals surface area contributed by atoms with Crippen LogP contribution in [0.2, 0.25) is 0 Å². The van der Waals surface area contributed by atoms with Crippen LogP contribution in [0.3, 0.4) is 0 Å². The van der Waals surface area contributed by atoms with Crippen LogP contribution in [0.15, 0.2) is 72.8 Å². The standard InChI is InChI=1S/C27H27NO3/c1-19-14-15-20(26(17-19)30-2)9-7-8-16-28-27(29)31-18-25-23-12-5-3-10-21(23)22-11-4-6-13-24(22)25/h3-7,9-15,17,25H,8,16,18H2,1-2H3,(H,28,29). The number of hydrogen-bond acceptors (Lipinski definition) is 3. The monoisotopic (exact) mass is 413 g/mol. The minimum absolute atomic E-state index is 0.0760. The number of amides is 1. The molecule has 1 N–H and O–H groups in total. The van der Waals surface area contributed by atoms with Gasteiger partial charge in [-0.25, -0.2) is 4.79 Å². The van der Waals surface area contributed by atoms with E-state index in [0.717, 1.165) is 16.9 Å². The highest BCUT2D eigenvalue weighted by molar-refractivity contribution is 5.79. The smallest absolute Gasteiger partial charge is 0.407 e. The molecule has 0 unspecified atom stereocenters. The first-order valence-electron chi connectivity index (χ1n) is 10.6. The Hall–Kier alpha value is -3.53. The van der Waals surface area contributed by atoms with Crippen LogP contribution in [0.4, 0.5) is 4.79 Å². The molecule has 0 bridgehead atoms. The van der Waals surface area contributed by atoms with Crippen LogP contribution in [-0.2, 0) is 4.74 Å². The lowest BCUT2D eigenvalue weighted by Gasteiger charge is -2.14. The Morgan fingerprint density at radius 3 is 2.35 bits per heavy atom. The van der Waals surface area contributed by atoms with Gasteiger partial charge in [-0.05, 0) is 47.2 Å². The van der Waals surface area contributed by atoms with Crippen molar-refractivity contribution in [3.63, 3.8) is 0 Å². The zero-order valence-electron chi connectivity index (χ0n) is 17.9. The number of carbonyl (C=O) groups excluding carboxylic acids is 1. The van der Waals surface area contributed by atoms with Gasteiger partial charge in [0.1, 0.15) is 12.4 Å². The maximum Gasteiger partial charge on any atom is 0.407 e. The summed E-state index contributed by atoms with van der Waals surface area (Å²) in [5.74, 6) is 0.924. The summed E-state index contributed by atoms with van der Waals surface area (Å²) in [5, 5.41) is 2.83. The van der Waals surface area contributed by atoms with Gasteiger partial charge in [0, 0.05) is 18.0 Å². The normalized spacial score (nSPS) is 12.5. The van der Waals surface area contributed by atoms with Crippen molar-refractivity contribution >= 4 is 12.2 Å². The molecular weight excluding hydrogens is 386 g/mol. The van der Waals surface area contributed by atoms with Gasteiger partial charge in [-0.1, -0.05) is 72.8 Å². The van der Waals surface area contributed by atoms with Crippen LogP contribution in [-0.4, -0.2) is 26.4 Å². The lowest BCUT2D eigenvalue weighted by molar-refractivity contribution is 0.143. The molecule has 4 rings (SSSR count). The van der Waals surface area contributed by atoms with Crippen LogP contribution in [0.25, 0.3) is 17.2 Å². The number of fused-ring (bicyclic) bond motifs is 3. The van der Waals surface area contributed by atoms with E-state index in [0.29, 0.717) is 19.6 Å². The Bertz CT molecular complexity index is 1060. The molecular formula is C27H27NO3. The van der Waals surface area contributed by atoms with E-state index >= 15 is 0 Å². The van der Waals surface area contributed by atoms with Crippen molar-refractivity contribution in [2.75, 3.05) is 20.3 Å². The Balaban J connectivity index is 1.28. The van der Waals surface area contributed by atoms with Gasteiger partial charge in [0.2, 0.25) is 0 Å². The van der Waals surface area contributed by atoms with E-state index in [1.54, 1.807) is 7.11 Å². The molecule has 1 aliphatic carbocycles. The predicted octanol–water partition coefficient (Wildman–Crippen LogP) is 5.95. The number of hydrogen-bond donors (Lipinski definition) is 1. The van der Waals surface area contributed by atoms with Crippen molar-refractivity contribution in [1.82, 2.24) is 5.32 Å². The van der Waals surface area contributed by atoms with Crippen molar-refractivity contribution < 1.29 is 14.3 Å². The molecule has 0 atom stereocenters. The van der Waals surface area contributed by atoms with E-state index < -0.39 is 0 Å². The Morgan fingerprint density at radius 2 is 1.68 bits per heavy atom. The first-order valence-corrected chi connectivity index (χ1v) is 10.6. The summed E-state index contributed by atoms with van der Waals surface area (Å²) < 4.78 is 11.0. The van der Waals surface area contributed by atoms with E-state index in [2.05, 4.69) is 35.6 Å².